The third-order valence-electron chi connectivity index (χ3n) is 12.3. The molecule has 2 aliphatic heterocycles. The number of nitro groups is 2. The number of rotatable bonds is 8. The van der Waals surface area contributed by atoms with Gasteiger partial charge in [-0.25, -0.2) is 9.29 Å². The van der Waals surface area contributed by atoms with Crippen LogP contribution in [0.2, 0.25) is 5.02 Å². The number of nitrogens with one attached hydrogen (secondary N) is 1. The van der Waals surface area contributed by atoms with E-state index >= 15 is 4.79 Å². The lowest BCUT2D eigenvalue weighted by Crippen LogP contribution is -2.53. The number of aryl methyl sites for hydroxylation is 2. The van der Waals surface area contributed by atoms with Gasteiger partial charge in [0.2, 0.25) is 11.8 Å². The van der Waals surface area contributed by atoms with E-state index in [0.29, 0.717) is 32.8 Å². The number of nitro benzene ring substituents is 2. The molecule has 0 unspecified atom stereocenters. The van der Waals surface area contributed by atoms with Crippen LogP contribution in [0.5, 0.6) is 5.75 Å². The van der Waals surface area contributed by atoms with Gasteiger partial charge in [-0.3, -0.25) is 44.8 Å². The first kappa shape index (κ1) is 39.2. The second-order valence-corrected chi connectivity index (χ2v) is 16.1. The molecule has 15 nitrogen and oxygen atoms in total. The molecule has 0 radical (unpaired) electrons. The van der Waals surface area contributed by atoms with E-state index in [4.69, 9.17) is 11.6 Å². The van der Waals surface area contributed by atoms with E-state index in [1.165, 1.54) is 43.3 Å². The molecule has 302 valence electrons. The smallest absolute Gasteiger partial charge is 0.301 e. The van der Waals surface area contributed by atoms with Crippen molar-refractivity contribution in [1.82, 2.24) is 5.01 Å². The van der Waals surface area contributed by atoms with Crippen molar-refractivity contribution in [1.29, 1.82) is 0 Å². The first-order valence-electron chi connectivity index (χ1n) is 18.7. The summed E-state index contributed by atoms with van der Waals surface area (Å²) in [6.45, 7) is 3.40. The molecule has 8 rings (SSSR count). The Morgan fingerprint density at radius 2 is 1.46 bits per heavy atom. The number of imide groups is 2. The Labute approximate surface area is 340 Å². The molecule has 59 heavy (non-hydrogen) atoms. The zero-order valence-electron chi connectivity index (χ0n) is 32.0. The fourth-order valence-electron chi connectivity index (χ4n) is 9.90. The molecule has 0 aromatic heterocycles. The van der Waals surface area contributed by atoms with Crippen molar-refractivity contribution in [3.05, 3.63) is 138 Å². The molecule has 0 spiro atoms. The molecular formula is C42H36ClFN6O9. The zero-order valence-corrected chi connectivity index (χ0v) is 32.8. The molecule has 4 amide bonds. The molecule has 4 aromatic rings. The van der Waals surface area contributed by atoms with Crippen molar-refractivity contribution in [2.24, 2.45) is 23.7 Å². The summed E-state index contributed by atoms with van der Waals surface area (Å²) in [5, 5.41) is 36.7. The maximum absolute atomic E-state index is 15.4. The summed E-state index contributed by atoms with van der Waals surface area (Å²) in [4.78, 5) is 84.3. The minimum absolute atomic E-state index is 0.00509. The van der Waals surface area contributed by atoms with E-state index < -0.39 is 85.7 Å². The number of anilines is 3. The van der Waals surface area contributed by atoms with Crippen LogP contribution in [0.1, 0.15) is 41.0 Å². The Balaban J connectivity index is 1.32. The fourth-order valence-corrected chi connectivity index (χ4v) is 10.0. The van der Waals surface area contributed by atoms with Crippen LogP contribution >= 0.6 is 11.6 Å². The van der Waals surface area contributed by atoms with Gasteiger partial charge in [0.25, 0.3) is 11.8 Å². The summed E-state index contributed by atoms with van der Waals surface area (Å²) >= 11 is 6.37. The minimum Gasteiger partial charge on any atom is -0.507 e. The number of halogens is 2. The lowest BCUT2D eigenvalue weighted by atomic mass is 9.49. The Hall–Kier alpha value is -6.68. The second kappa shape index (κ2) is 14.0. The Kier molecular flexibility index (Phi) is 9.30. The summed E-state index contributed by atoms with van der Waals surface area (Å²) in [6, 6.07) is 17.0. The number of phenolic OH excluding ortho intramolecular Hbond substituents is 1. The second-order valence-electron chi connectivity index (χ2n) is 15.6. The highest BCUT2D eigenvalue weighted by atomic mass is 35.5. The van der Waals surface area contributed by atoms with E-state index in [0.717, 1.165) is 22.0 Å². The van der Waals surface area contributed by atoms with Crippen LogP contribution in [-0.4, -0.2) is 57.7 Å². The van der Waals surface area contributed by atoms with Gasteiger partial charge in [0, 0.05) is 37.2 Å². The van der Waals surface area contributed by atoms with Crippen molar-refractivity contribution in [2.75, 3.05) is 29.3 Å². The molecule has 2 saturated heterocycles. The van der Waals surface area contributed by atoms with Crippen LogP contribution in [0.4, 0.5) is 32.8 Å². The Morgan fingerprint density at radius 3 is 2.02 bits per heavy atom. The normalized spacial score (nSPS) is 24.7. The van der Waals surface area contributed by atoms with Crippen molar-refractivity contribution in [3.8, 4) is 5.75 Å². The molecule has 2 aliphatic carbocycles. The van der Waals surface area contributed by atoms with E-state index in [1.807, 2.05) is 6.08 Å². The summed E-state index contributed by atoms with van der Waals surface area (Å²) < 4.78 is 13.9. The molecule has 0 bridgehead atoms. The average Bonchev–Trinajstić information content (AvgIpc) is 3.57. The maximum Gasteiger partial charge on any atom is 0.301 e. The van der Waals surface area contributed by atoms with Crippen LogP contribution in [-0.2, 0) is 24.6 Å². The number of hydrogen-bond acceptors (Lipinski definition) is 11. The summed E-state index contributed by atoms with van der Waals surface area (Å²) in [5.74, 6) is -8.35. The largest absolute Gasteiger partial charge is 0.507 e. The number of amides is 4. The summed E-state index contributed by atoms with van der Waals surface area (Å²) in [6.07, 6.45) is 1.72. The SMILES string of the molecule is Cc1cc([C@H]2C3=CC[C@@H]4C(=O)N(c5cc([N+](=O)[O-])c(N(C)C)c([N+](=O)[O-])c5)C(=O)[C@@H]4[C@@H]3C[C@H]3C(=O)N(Nc4ccc(F)cc4)C(=O)[C@@]23c2ccc(Cl)cc2)cc(C)c1O. The lowest BCUT2D eigenvalue weighted by Gasteiger charge is -2.50. The Bertz CT molecular complexity index is 2510. The monoisotopic (exact) mass is 822 g/mol. The van der Waals surface area contributed by atoms with Crippen molar-refractivity contribution in [2.45, 2.75) is 38.0 Å². The molecule has 1 saturated carbocycles. The van der Waals surface area contributed by atoms with E-state index in [-0.39, 0.29) is 35.7 Å². The third kappa shape index (κ3) is 5.83. The predicted molar refractivity (Wildman–Crippen MR) is 213 cm³/mol. The number of phenols is 1. The number of carbonyl (C=O) groups excluding carboxylic acids is 4. The Morgan fingerprint density at radius 1 is 0.864 bits per heavy atom. The van der Waals surface area contributed by atoms with Gasteiger partial charge < -0.3 is 10.0 Å². The molecule has 4 aromatic carbocycles. The van der Waals surface area contributed by atoms with Crippen LogP contribution in [0.25, 0.3) is 0 Å². The standard InChI is InChI=1S/C42H36ClFN6O9/c1-20-15-22(16-21(2)37(20)51)35-28-13-14-29-34(40(54)47(38(29)52)27-17-32(49(56)57)36(46(3)4)33(18-27)50(58)59)30(28)19-31-39(53)48(45-26-11-9-25(44)10-12-26)41(55)42(31,35)23-5-7-24(43)8-6-23/h5-13,15-18,29-31,34-35,45,51H,14,19H2,1-4H3/t29-,30+,31-,34-,35-,42+/m0/s1. The van der Waals surface area contributed by atoms with Gasteiger partial charge >= 0.3 is 11.4 Å². The van der Waals surface area contributed by atoms with Crippen molar-refractivity contribution >= 4 is 63.7 Å². The minimum atomic E-state index is -1.67. The van der Waals surface area contributed by atoms with Crippen LogP contribution in [0, 0.1) is 63.6 Å². The molecule has 2 heterocycles. The quantitative estimate of drug-likeness (QED) is 0.0814. The van der Waals surface area contributed by atoms with Crippen molar-refractivity contribution in [3.63, 3.8) is 0 Å². The average molecular weight is 823 g/mol. The van der Waals surface area contributed by atoms with E-state index in [1.54, 1.807) is 50.2 Å². The first-order valence-corrected chi connectivity index (χ1v) is 19.0. The molecule has 6 atom stereocenters. The summed E-state index contributed by atoms with van der Waals surface area (Å²) in [5.41, 5.74) is 2.01. The highest BCUT2D eigenvalue weighted by molar-refractivity contribution is 6.30. The summed E-state index contributed by atoms with van der Waals surface area (Å²) in [7, 11) is 2.80. The van der Waals surface area contributed by atoms with Gasteiger partial charge in [-0.15, -0.1) is 0 Å². The molecule has 3 fully saturated rings. The number of benzene rings is 4. The molecule has 2 N–H and O–H groups in total. The van der Waals surface area contributed by atoms with Crippen LogP contribution in [0.3, 0.4) is 0 Å². The number of carbonyl (C=O) groups is 4. The predicted octanol–water partition coefficient (Wildman–Crippen LogP) is 6.87. The van der Waals surface area contributed by atoms with Crippen LogP contribution < -0.4 is 15.2 Å². The number of allylic oxidation sites excluding steroid dienone is 2. The van der Waals surface area contributed by atoms with E-state index in [9.17, 15) is 44.1 Å². The number of hydrazine groups is 1. The highest BCUT2D eigenvalue weighted by Gasteiger charge is 2.70. The van der Waals surface area contributed by atoms with Gasteiger partial charge in [0.15, 0.2) is 5.69 Å². The highest BCUT2D eigenvalue weighted by Crippen LogP contribution is 2.64. The first-order chi connectivity index (χ1) is 28.0. The fraction of sp³-hybridized carbons (Fsp3) is 0.286. The van der Waals surface area contributed by atoms with Gasteiger partial charge in [0.1, 0.15) is 11.6 Å². The lowest BCUT2D eigenvalue weighted by molar-refractivity contribution is -0.392. The number of hydrogen-bond donors (Lipinski definition) is 2. The van der Waals surface area contributed by atoms with Gasteiger partial charge in [-0.2, -0.15) is 5.01 Å². The van der Waals surface area contributed by atoms with Crippen LogP contribution in [0.15, 0.2) is 84.4 Å². The number of fused-ring (bicyclic) bond motifs is 4. The maximum atomic E-state index is 15.4. The van der Waals surface area contributed by atoms with Gasteiger partial charge in [-0.05, 0) is 91.3 Å². The third-order valence-corrected chi connectivity index (χ3v) is 12.5. The number of aromatic hydroxyl groups is 1. The van der Waals surface area contributed by atoms with Crippen molar-refractivity contribution < 1.29 is 38.5 Å². The number of nitrogens with zero attached hydrogens (tertiary/aromatic N) is 5. The van der Waals surface area contributed by atoms with E-state index in [2.05, 4.69) is 5.43 Å². The van der Waals surface area contributed by atoms with Gasteiger partial charge in [0.05, 0.1) is 44.4 Å². The molecular weight excluding hydrogens is 787 g/mol. The topological polar surface area (TPSA) is 197 Å². The van der Waals surface area contributed by atoms with Gasteiger partial charge in [-0.1, -0.05) is 47.5 Å². The molecule has 4 aliphatic rings. The molecule has 17 heteroatoms. The zero-order chi connectivity index (χ0) is 42.4.